The predicted octanol–water partition coefficient (Wildman–Crippen LogP) is 5.54. The molecule has 33 heavy (non-hydrogen) atoms. The molecule has 0 saturated carbocycles. The molecule has 1 saturated heterocycles. The van der Waals surface area contributed by atoms with Gasteiger partial charge in [0.25, 0.3) is 0 Å². The Morgan fingerprint density at radius 2 is 1.94 bits per heavy atom. The quantitative estimate of drug-likeness (QED) is 0.618. The molecule has 0 bridgehead atoms. The van der Waals surface area contributed by atoms with Crippen molar-refractivity contribution in [1.82, 2.24) is 0 Å². The Hall–Kier alpha value is -2.17. The Labute approximate surface area is 198 Å². The van der Waals surface area contributed by atoms with Gasteiger partial charge in [0.15, 0.2) is 5.78 Å². The number of carbonyl (C=O) groups is 1. The van der Waals surface area contributed by atoms with Crippen molar-refractivity contribution in [3.63, 3.8) is 0 Å². The molecule has 5 rings (SSSR count). The lowest BCUT2D eigenvalue weighted by molar-refractivity contribution is -0.128. The number of hydrogen-bond donors (Lipinski definition) is 1. The summed E-state index contributed by atoms with van der Waals surface area (Å²) < 4.78 is 6.53. The third kappa shape index (κ3) is 3.45. The van der Waals surface area contributed by atoms with Gasteiger partial charge in [-0.15, -0.1) is 0 Å². The summed E-state index contributed by atoms with van der Waals surface area (Å²) in [5.41, 5.74) is 4.44. The molecule has 0 aromatic heterocycles. The van der Waals surface area contributed by atoms with Gasteiger partial charge in [-0.05, 0) is 85.3 Å². The molecular formula is C29H37NO3. The van der Waals surface area contributed by atoms with Crippen molar-refractivity contribution in [3.05, 3.63) is 64.8 Å². The second-order valence-electron chi connectivity index (χ2n) is 11.1. The molecule has 5 unspecified atom stereocenters. The number of ketones is 1. The molecule has 4 nitrogen and oxygen atoms in total. The van der Waals surface area contributed by atoms with Crippen molar-refractivity contribution in [3.8, 4) is 0 Å². The molecule has 1 N–H and O–H groups in total. The normalized spacial score (nSPS) is 35.8. The van der Waals surface area contributed by atoms with Gasteiger partial charge in [-0.2, -0.15) is 0 Å². The fourth-order valence-electron chi connectivity index (χ4n) is 6.82. The van der Waals surface area contributed by atoms with Crippen LogP contribution in [0.4, 0.5) is 5.69 Å². The fourth-order valence-corrected chi connectivity index (χ4v) is 6.82. The van der Waals surface area contributed by atoms with E-state index in [0.717, 1.165) is 53.7 Å². The summed E-state index contributed by atoms with van der Waals surface area (Å²) in [5, 5.41) is 12.1. The largest absolute Gasteiger partial charge is 0.381 e. The number of Topliss-reactive ketones (excluding diaryl/α,β-unsaturated/α-hetero) is 1. The summed E-state index contributed by atoms with van der Waals surface area (Å²) in [7, 11) is 4.08. The maximum atomic E-state index is 13.7. The van der Waals surface area contributed by atoms with Crippen molar-refractivity contribution in [2.24, 2.45) is 17.3 Å². The summed E-state index contributed by atoms with van der Waals surface area (Å²) in [6.45, 7) is 8.84. The SMILES string of the molecule is C=C(C)C1(O)CCC2CCC=C2C2=C1C1(C)COC(c3ccc(N(C)C)cc3)CC1CC2=O. The zero-order chi connectivity index (χ0) is 23.5. The number of nitrogens with zero attached hydrogens (tertiary/aromatic N) is 1. The van der Waals surface area contributed by atoms with Crippen molar-refractivity contribution in [2.75, 3.05) is 25.6 Å². The molecule has 4 heteroatoms. The van der Waals surface area contributed by atoms with Crippen LogP contribution in [0.2, 0.25) is 0 Å². The Morgan fingerprint density at radius 1 is 1.21 bits per heavy atom. The predicted molar refractivity (Wildman–Crippen MR) is 132 cm³/mol. The molecule has 1 aromatic carbocycles. The molecule has 4 aliphatic rings. The van der Waals surface area contributed by atoms with Crippen LogP contribution >= 0.6 is 0 Å². The van der Waals surface area contributed by atoms with Crippen LogP contribution in [0, 0.1) is 17.3 Å². The average molecular weight is 448 g/mol. The van der Waals surface area contributed by atoms with Crippen LogP contribution in [0.15, 0.2) is 59.2 Å². The van der Waals surface area contributed by atoms with Crippen molar-refractivity contribution in [2.45, 2.75) is 64.1 Å². The average Bonchev–Trinajstić information content (AvgIpc) is 3.20. The van der Waals surface area contributed by atoms with E-state index >= 15 is 0 Å². The smallest absolute Gasteiger partial charge is 0.163 e. The van der Waals surface area contributed by atoms with E-state index in [9.17, 15) is 9.90 Å². The van der Waals surface area contributed by atoms with Gasteiger partial charge < -0.3 is 14.7 Å². The number of aliphatic hydroxyl groups is 1. The van der Waals surface area contributed by atoms with Gasteiger partial charge in [-0.25, -0.2) is 0 Å². The molecule has 1 heterocycles. The minimum atomic E-state index is -1.15. The van der Waals surface area contributed by atoms with Crippen molar-refractivity contribution in [1.29, 1.82) is 0 Å². The van der Waals surface area contributed by atoms with E-state index in [4.69, 9.17) is 4.74 Å². The number of hydrogen-bond acceptors (Lipinski definition) is 4. The van der Waals surface area contributed by atoms with Gasteiger partial charge in [0.1, 0.15) is 5.60 Å². The van der Waals surface area contributed by atoms with Gasteiger partial charge >= 0.3 is 0 Å². The van der Waals surface area contributed by atoms with Gasteiger partial charge in [0.05, 0.1) is 12.7 Å². The lowest BCUT2D eigenvalue weighted by Gasteiger charge is -2.53. The van der Waals surface area contributed by atoms with Gasteiger partial charge in [-0.3, -0.25) is 4.79 Å². The zero-order valence-electron chi connectivity index (χ0n) is 20.5. The summed E-state index contributed by atoms with van der Waals surface area (Å²) in [6.07, 6.45) is 7.17. The number of carbonyl (C=O) groups excluding carboxylic acids is 1. The Kier molecular flexibility index (Phi) is 5.45. The molecule has 0 amide bonds. The molecule has 0 radical (unpaired) electrons. The lowest BCUT2D eigenvalue weighted by atomic mass is 9.56. The van der Waals surface area contributed by atoms with Crippen LogP contribution in [0.5, 0.6) is 0 Å². The van der Waals surface area contributed by atoms with E-state index in [-0.39, 0.29) is 23.2 Å². The summed E-state index contributed by atoms with van der Waals surface area (Å²) >= 11 is 0. The summed E-state index contributed by atoms with van der Waals surface area (Å²) in [5.74, 6) is 0.719. The first-order chi connectivity index (χ1) is 15.6. The third-order valence-corrected chi connectivity index (χ3v) is 8.88. The number of anilines is 1. The first-order valence-corrected chi connectivity index (χ1v) is 12.4. The second kappa shape index (κ2) is 7.95. The topological polar surface area (TPSA) is 49.8 Å². The highest BCUT2D eigenvalue weighted by molar-refractivity contribution is 6.02. The van der Waals surface area contributed by atoms with Crippen LogP contribution in [-0.2, 0) is 9.53 Å². The lowest BCUT2D eigenvalue weighted by Crippen LogP contribution is -2.52. The Bertz CT molecular complexity index is 1050. The van der Waals surface area contributed by atoms with Crippen LogP contribution in [0.1, 0.15) is 64.0 Å². The molecule has 176 valence electrons. The van der Waals surface area contributed by atoms with Crippen LogP contribution in [0.25, 0.3) is 0 Å². The second-order valence-corrected chi connectivity index (χ2v) is 11.1. The molecule has 1 aliphatic heterocycles. The van der Waals surface area contributed by atoms with Crippen molar-refractivity contribution < 1.29 is 14.6 Å². The Morgan fingerprint density at radius 3 is 2.61 bits per heavy atom. The molecule has 1 fully saturated rings. The molecule has 0 spiro atoms. The van der Waals surface area contributed by atoms with E-state index in [1.807, 2.05) is 21.0 Å². The maximum absolute atomic E-state index is 13.7. The number of fused-ring (bicyclic) bond motifs is 4. The molecule has 3 aliphatic carbocycles. The monoisotopic (exact) mass is 447 g/mol. The molecule has 5 atom stereocenters. The van der Waals surface area contributed by atoms with Gasteiger partial charge in [0.2, 0.25) is 0 Å². The third-order valence-electron chi connectivity index (χ3n) is 8.88. The van der Waals surface area contributed by atoms with Crippen LogP contribution in [0.3, 0.4) is 0 Å². The summed E-state index contributed by atoms with van der Waals surface area (Å²) in [4.78, 5) is 15.8. The van der Waals surface area contributed by atoms with Gasteiger partial charge in [0, 0.05) is 37.2 Å². The van der Waals surface area contributed by atoms with Crippen LogP contribution < -0.4 is 4.90 Å². The minimum absolute atomic E-state index is 0.0311. The van der Waals surface area contributed by atoms with E-state index < -0.39 is 5.60 Å². The van der Waals surface area contributed by atoms with E-state index in [1.165, 1.54) is 5.57 Å². The van der Waals surface area contributed by atoms with E-state index in [1.54, 1.807) is 0 Å². The zero-order valence-corrected chi connectivity index (χ0v) is 20.5. The number of allylic oxidation sites excluding steroid dienone is 3. The van der Waals surface area contributed by atoms with Crippen molar-refractivity contribution >= 4 is 11.5 Å². The summed E-state index contributed by atoms with van der Waals surface area (Å²) in [6, 6.07) is 8.53. The standard InChI is InChI=1S/C29H37NO3/c1-18(2)29(32)14-13-19-7-6-8-23(19)26-24(31)15-21-16-25(33-17-28(21,3)27(26)29)20-9-11-22(12-10-20)30(4)5/h8-12,19,21,25,32H,1,6-7,13-17H2,2-5H3. The van der Waals surface area contributed by atoms with Gasteiger partial charge in [-0.1, -0.05) is 31.7 Å². The van der Waals surface area contributed by atoms with Crippen LogP contribution in [-0.4, -0.2) is 37.2 Å². The first-order valence-electron chi connectivity index (χ1n) is 12.4. The van der Waals surface area contributed by atoms with E-state index in [2.05, 4.69) is 48.7 Å². The molecular weight excluding hydrogens is 410 g/mol. The minimum Gasteiger partial charge on any atom is -0.381 e. The number of rotatable bonds is 3. The number of benzene rings is 1. The Balaban J connectivity index is 1.55. The highest BCUT2D eigenvalue weighted by Gasteiger charge is 2.57. The number of ether oxygens (including phenoxy) is 1. The highest BCUT2D eigenvalue weighted by Crippen LogP contribution is 2.60. The fraction of sp³-hybridized carbons (Fsp3) is 0.552. The maximum Gasteiger partial charge on any atom is 0.163 e. The van der Waals surface area contributed by atoms with E-state index in [0.29, 0.717) is 25.4 Å². The first kappa shape index (κ1) is 22.6. The molecule has 1 aromatic rings. The highest BCUT2D eigenvalue weighted by atomic mass is 16.5.